The van der Waals surface area contributed by atoms with E-state index in [1.54, 1.807) is 0 Å². The fourth-order valence-corrected chi connectivity index (χ4v) is 3.56. The van der Waals surface area contributed by atoms with Crippen LogP contribution in [0.5, 0.6) is 0 Å². The van der Waals surface area contributed by atoms with Crippen LogP contribution in [0.4, 0.5) is 4.79 Å². The van der Waals surface area contributed by atoms with Crippen molar-refractivity contribution >= 4 is 23.3 Å². The van der Waals surface area contributed by atoms with Crippen molar-refractivity contribution in [1.82, 2.24) is 20.4 Å². The molecule has 2 aromatic heterocycles. The summed E-state index contributed by atoms with van der Waals surface area (Å²) in [7, 11) is 0. The van der Waals surface area contributed by atoms with E-state index >= 15 is 0 Å². The summed E-state index contributed by atoms with van der Waals surface area (Å²) in [4.78, 5) is 31.3. The van der Waals surface area contributed by atoms with Gasteiger partial charge in [-0.15, -0.1) is 11.3 Å². The molecule has 0 fully saturated rings. The van der Waals surface area contributed by atoms with Gasteiger partial charge in [0.1, 0.15) is 13.2 Å². The van der Waals surface area contributed by atoms with Gasteiger partial charge < -0.3 is 14.6 Å². The minimum absolute atomic E-state index is 0.0677. The van der Waals surface area contributed by atoms with Gasteiger partial charge in [0.2, 0.25) is 5.89 Å². The molecule has 0 saturated carbocycles. The van der Waals surface area contributed by atoms with Gasteiger partial charge in [0.15, 0.2) is 5.82 Å². The molecule has 9 heteroatoms. The maximum atomic E-state index is 12.6. The van der Waals surface area contributed by atoms with Gasteiger partial charge in [-0.2, -0.15) is 4.98 Å². The summed E-state index contributed by atoms with van der Waals surface area (Å²) < 4.78 is 10.3. The lowest BCUT2D eigenvalue weighted by Crippen LogP contribution is -2.46. The van der Waals surface area contributed by atoms with Crippen LogP contribution in [0, 0.1) is 0 Å². The number of urea groups is 1. The molecule has 1 N–H and O–H groups in total. The molecule has 0 saturated heterocycles. The Labute approximate surface area is 141 Å². The maximum absolute atomic E-state index is 12.6. The first-order chi connectivity index (χ1) is 11.7. The summed E-state index contributed by atoms with van der Waals surface area (Å²) >= 11 is 1.48. The number of rotatable bonds is 4. The predicted octanol–water partition coefficient (Wildman–Crippen LogP) is 1.77. The Morgan fingerprint density at radius 3 is 3.04 bits per heavy atom. The zero-order chi connectivity index (χ0) is 16.7. The molecule has 124 valence electrons. The highest BCUT2D eigenvalue weighted by Gasteiger charge is 2.43. The quantitative estimate of drug-likeness (QED) is 0.848. The average molecular weight is 346 g/mol. The van der Waals surface area contributed by atoms with Crippen LogP contribution in [0.2, 0.25) is 0 Å². The fraction of sp³-hybridized carbons (Fsp3) is 0.333. The molecule has 24 heavy (non-hydrogen) atoms. The number of hydrogen-bond donors (Lipinski definition) is 1. The number of nitrogens with one attached hydrogen (secondary N) is 1. The predicted molar refractivity (Wildman–Crippen MR) is 82.8 cm³/mol. The number of carbonyl (C=O) groups excluding carboxylic acids is 2. The molecule has 2 aliphatic heterocycles. The van der Waals surface area contributed by atoms with Crippen molar-refractivity contribution in [3.63, 3.8) is 0 Å². The normalized spacial score (nSPS) is 20.2. The topological polar surface area (TPSA) is 97.6 Å². The molecule has 0 bridgehead atoms. The Morgan fingerprint density at radius 1 is 1.46 bits per heavy atom. The van der Waals surface area contributed by atoms with E-state index in [-0.39, 0.29) is 19.2 Å². The van der Waals surface area contributed by atoms with Crippen molar-refractivity contribution in [2.24, 2.45) is 0 Å². The highest BCUT2D eigenvalue weighted by Crippen LogP contribution is 2.37. The lowest BCUT2D eigenvalue weighted by atomic mass is 10.0. The van der Waals surface area contributed by atoms with Crippen molar-refractivity contribution in [3.8, 4) is 0 Å². The van der Waals surface area contributed by atoms with Gasteiger partial charge in [-0.1, -0.05) is 18.1 Å². The van der Waals surface area contributed by atoms with Crippen LogP contribution in [-0.2, 0) is 22.5 Å². The van der Waals surface area contributed by atoms with Crippen molar-refractivity contribution < 1.29 is 18.8 Å². The largest absolute Gasteiger partial charge is 0.456 e. The van der Waals surface area contributed by atoms with Crippen LogP contribution < -0.4 is 5.32 Å². The molecule has 1 atom stereocenters. The lowest BCUT2D eigenvalue weighted by Gasteiger charge is -2.31. The lowest BCUT2D eigenvalue weighted by molar-refractivity contribution is -0.136. The molecule has 0 aliphatic carbocycles. The summed E-state index contributed by atoms with van der Waals surface area (Å²) in [5.74, 6) is 0.489. The molecule has 8 nitrogen and oxygen atoms in total. The molecular weight excluding hydrogens is 332 g/mol. The summed E-state index contributed by atoms with van der Waals surface area (Å²) in [6.07, 6.45) is 0.645. The monoisotopic (exact) mass is 346 g/mol. The first-order valence-electron chi connectivity index (χ1n) is 7.50. The van der Waals surface area contributed by atoms with Gasteiger partial charge in [0, 0.05) is 11.3 Å². The van der Waals surface area contributed by atoms with Gasteiger partial charge in [-0.3, -0.25) is 4.90 Å². The van der Waals surface area contributed by atoms with Crippen LogP contribution in [0.3, 0.4) is 0 Å². The molecule has 2 aromatic rings. The number of aromatic nitrogens is 2. The average Bonchev–Trinajstić information content (AvgIpc) is 3.31. The van der Waals surface area contributed by atoms with Crippen LogP contribution >= 0.6 is 11.3 Å². The molecule has 0 radical (unpaired) electrons. The number of amides is 2. The van der Waals surface area contributed by atoms with Crippen LogP contribution in [-0.4, -0.2) is 33.6 Å². The first kappa shape index (κ1) is 14.9. The number of aryl methyl sites for hydroxylation is 1. The number of hydrogen-bond acceptors (Lipinski definition) is 7. The van der Waals surface area contributed by atoms with Gasteiger partial charge in [0.05, 0.1) is 17.3 Å². The highest BCUT2D eigenvalue weighted by atomic mass is 32.1. The van der Waals surface area contributed by atoms with Gasteiger partial charge in [0.25, 0.3) is 0 Å². The van der Waals surface area contributed by atoms with E-state index in [0.29, 0.717) is 29.4 Å². The number of nitrogens with zero attached hydrogens (tertiary/aromatic N) is 3. The molecule has 1 unspecified atom stereocenters. The van der Waals surface area contributed by atoms with E-state index in [4.69, 9.17) is 9.26 Å². The van der Waals surface area contributed by atoms with E-state index in [1.807, 2.05) is 24.4 Å². The fourth-order valence-electron chi connectivity index (χ4n) is 2.78. The molecule has 2 amide bonds. The van der Waals surface area contributed by atoms with E-state index < -0.39 is 12.0 Å². The number of esters is 1. The molecule has 2 aliphatic rings. The Bertz CT molecular complexity index is 826. The summed E-state index contributed by atoms with van der Waals surface area (Å²) in [5.41, 5.74) is 1.02. The van der Waals surface area contributed by atoms with Crippen LogP contribution in [0.1, 0.15) is 29.6 Å². The number of thiophene rings is 1. The Kier molecular flexibility index (Phi) is 3.57. The maximum Gasteiger partial charge on any atom is 0.338 e. The standard InChI is InChI=1S/C15H14N4O4S/c1-2-10-16-11(23-18-10)6-19-8-7-22-14(20)12(8)13(17-15(19)21)9-4-3-5-24-9/h3-5,13H,2,6-7H2,1H3,(H,17,21). The van der Waals surface area contributed by atoms with Crippen LogP contribution in [0.25, 0.3) is 0 Å². The first-order valence-corrected chi connectivity index (χ1v) is 8.38. The molecule has 4 heterocycles. The highest BCUT2D eigenvalue weighted by molar-refractivity contribution is 7.10. The van der Waals surface area contributed by atoms with Crippen molar-refractivity contribution in [3.05, 3.63) is 45.4 Å². The minimum atomic E-state index is -0.479. The van der Waals surface area contributed by atoms with Crippen molar-refractivity contribution in [2.75, 3.05) is 6.61 Å². The zero-order valence-corrected chi connectivity index (χ0v) is 13.6. The molecule has 0 spiro atoms. The third kappa shape index (κ3) is 2.37. The number of cyclic esters (lactones) is 1. The van der Waals surface area contributed by atoms with E-state index in [1.165, 1.54) is 16.2 Å². The Morgan fingerprint density at radius 2 is 2.33 bits per heavy atom. The third-order valence-corrected chi connectivity index (χ3v) is 4.88. The van der Waals surface area contributed by atoms with Crippen molar-refractivity contribution in [2.45, 2.75) is 25.9 Å². The van der Waals surface area contributed by atoms with E-state index in [0.717, 1.165) is 4.88 Å². The van der Waals surface area contributed by atoms with Crippen molar-refractivity contribution in [1.29, 1.82) is 0 Å². The second-order valence-electron chi connectivity index (χ2n) is 5.38. The molecule has 4 rings (SSSR count). The summed E-state index contributed by atoms with van der Waals surface area (Å²) in [5, 5.41) is 8.59. The minimum Gasteiger partial charge on any atom is -0.456 e. The summed E-state index contributed by atoms with van der Waals surface area (Å²) in [6, 6.07) is 2.96. The van der Waals surface area contributed by atoms with Gasteiger partial charge >= 0.3 is 12.0 Å². The number of ether oxygens (including phenoxy) is 1. The molecule has 0 aromatic carbocycles. The van der Waals surface area contributed by atoms with Gasteiger partial charge in [-0.05, 0) is 11.4 Å². The Hall–Kier alpha value is -2.68. The SMILES string of the molecule is CCc1noc(CN2C(=O)NC(c3cccs3)C3=C2COC3=O)n1. The van der Waals surface area contributed by atoms with E-state index in [2.05, 4.69) is 15.5 Å². The van der Waals surface area contributed by atoms with Crippen LogP contribution in [0.15, 0.2) is 33.3 Å². The Balaban J connectivity index is 1.69. The smallest absolute Gasteiger partial charge is 0.338 e. The van der Waals surface area contributed by atoms with Gasteiger partial charge in [-0.25, -0.2) is 9.59 Å². The second kappa shape index (κ2) is 5.75. The summed E-state index contributed by atoms with van der Waals surface area (Å²) in [6.45, 7) is 2.08. The third-order valence-electron chi connectivity index (χ3n) is 3.95. The zero-order valence-electron chi connectivity index (χ0n) is 12.8. The molecular formula is C15H14N4O4S. The van der Waals surface area contributed by atoms with E-state index in [9.17, 15) is 9.59 Å². The second-order valence-corrected chi connectivity index (χ2v) is 6.36. The number of carbonyl (C=O) groups is 2.